The number of hydrogen-bond acceptors (Lipinski definition) is 3. The van der Waals surface area contributed by atoms with Crippen molar-refractivity contribution in [2.75, 3.05) is 6.61 Å². The van der Waals surface area contributed by atoms with Crippen molar-refractivity contribution in [1.82, 2.24) is 0 Å². The summed E-state index contributed by atoms with van der Waals surface area (Å²) in [4.78, 5) is 10.3. The van der Waals surface area contributed by atoms with Crippen molar-refractivity contribution >= 4 is 8.60 Å². The lowest BCUT2D eigenvalue weighted by Crippen LogP contribution is -2.01. The van der Waals surface area contributed by atoms with E-state index in [2.05, 4.69) is 15.0 Å². The second-order valence-electron chi connectivity index (χ2n) is 2.02. The van der Waals surface area contributed by atoms with E-state index in [1.165, 1.54) is 0 Å². The van der Waals surface area contributed by atoms with Crippen LogP contribution >= 0.6 is 8.60 Å². The Kier molecular flexibility index (Phi) is 5.24. The molecule has 0 heterocycles. The summed E-state index contributed by atoms with van der Waals surface area (Å²) in [7, 11) is -2.08. The highest BCUT2D eigenvalue weighted by Crippen LogP contribution is 2.31. The van der Waals surface area contributed by atoms with E-state index >= 15 is 0 Å². The Bertz CT molecular complexity index is 70.8. The van der Waals surface area contributed by atoms with Gasteiger partial charge >= 0.3 is 8.60 Å². The van der Waals surface area contributed by atoms with E-state index in [1.54, 1.807) is 0 Å². The molecule has 5 heteroatoms. The zero-order valence-electron chi connectivity index (χ0n) is 5.53. The van der Waals surface area contributed by atoms with E-state index in [1.807, 2.05) is 13.8 Å². The van der Waals surface area contributed by atoms with Crippen LogP contribution in [-0.4, -0.2) is 6.61 Å². The average molecular weight is 152 g/mol. The molecule has 0 fully saturated rings. The first kappa shape index (κ1) is 9.27. The van der Waals surface area contributed by atoms with Gasteiger partial charge in [0.1, 0.15) is 0 Å². The first-order valence-electron chi connectivity index (χ1n) is 2.64. The number of hydrogen-bond donors (Lipinski definition) is 1. The molecular weight excluding hydrogens is 141 g/mol. The Morgan fingerprint density at radius 3 is 2.56 bits per heavy atom. The summed E-state index contributed by atoms with van der Waals surface area (Å²) in [6.07, 6.45) is 0. The zero-order chi connectivity index (χ0) is 7.28. The van der Waals surface area contributed by atoms with Crippen LogP contribution in [-0.2, 0) is 14.0 Å². The van der Waals surface area contributed by atoms with Crippen LogP contribution in [0.4, 0.5) is 0 Å². The smallest absolute Gasteiger partial charge is 0.309 e. The van der Waals surface area contributed by atoms with Gasteiger partial charge in [-0.25, -0.2) is 10.5 Å². The molecule has 0 bridgehead atoms. The first-order valence-corrected chi connectivity index (χ1v) is 3.73. The van der Waals surface area contributed by atoms with Gasteiger partial charge in [0, 0.05) is 0 Å². The minimum atomic E-state index is -2.08. The molecule has 0 aliphatic heterocycles. The van der Waals surface area contributed by atoms with Crippen LogP contribution in [0, 0.1) is 5.92 Å². The second kappa shape index (κ2) is 5.09. The molecule has 1 radical (unpaired) electrons. The Hall–Kier alpha value is 0.270. The summed E-state index contributed by atoms with van der Waals surface area (Å²) in [5.74, 6) is 4.90. The number of rotatable bonds is 4. The third-order valence-electron chi connectivity index (χ3n) is 0.599. The van der Waals surface area contributed by atoms with E-state index in [0.29, 0.717) is 12.5 Å². The van der Waals surface area contributed by atoms with Crippen LogP contribution in [0.15, 0.2) is 0 Å². The first-order chi connectivity index (χ1) is 4.16. The Morgan fingerprint density at radius 1 is 1.67 bits per heavy atom. The van der Waals surface area contributed by atoms with E-state index in [4.69, 9.17) is 0 Å². The molecular formula is C4H11NO3P. The summed E-state index contributed by atoms with van der Waals surface area (Å²) in [6.45, 7) is 4.30. The highest BCUT2D eigenvalue weighted by molar-refractivity contribution is 7.40. The molecule has 0 aromatic carbocycles. The van der Waals surface area contributed by atoms with Gasteiger partial charge in [0.05, 0.1) is 6.61 Å². The highest BCUT2D eigenvalue weighted by Gasteiger charge is 2.06. The molecule has 4 nitrogen and oxygen atoms in total. The van der Waals surface area contributed by atoms with Crippen molar-refractivity contribution in [1.29, 1.82) is 0 Å². The summed E-state index contributed by atoms with van der Waals surface area (Å²) < 4.78 is 8.50. The van der Waals surface area contributed by atoms with Gasteiger partial charge in [-0.1, -0.05) is 13.8 Å². The Morgan fingerprint density at radius 2 is 2.22 bits per heavy atom. The van der Waals surface area contributed by atoms with Crippen LogP contribution in [0.2, 0.25) is 0 Å². The molecule has 0 aromatic rings. The van der Waals surface area contributed by atoms with Crippen LogP contribution < -0.4 is 5.90 Å². The maximum atomic E-state index is 10.3. The van der Waals surface area contributed by atoms with Gasteiger partial charge in [-0.2, -0.15) is 0 Å². The lowest BCUT2D eigenvalue weighted by Gasteiger charge is -2.06. The van der Waals surface area contributed by atoms with Gasteiger partial charge in [-0.3, -0.25) is 0 Å². The molecule has 0 amide bonds. The van der Waals surface area contributed by atoms with E-state index < -0.39 is 8.60 Å². The SMILES string of the molecule is CC(C)COP([O])ON. The normalized spacial score (nSPS) is 14.3. The van der Waals surface area contributed by atoms with Crippen molar-refractivity contribution in [2.24, 2.45) is 11.8 Å². The minimum Gasteiger partial charge on any atom is -0.309 e. The summed E-state index contributed by atoms with van der Waals surface area (Å²) in [5, 5.41) is 0. The highest BCUT2D eigenvalue weighted by atomic mass is 31.2. The van der Waals surface area contributed by atoms with Crippen molar-refractivity contribution in [2.45, 2.75) is 13.8 Å². The topological polar surface area (TPSA) is 64.4 Å². The summed E-state index contributed by atoms with van der Waals surface area (Å²) in [5.41, 5.74) is 0. The molecule has 1 atom stereocenters. The maximum Gasteiger partial charge on any atom is 0.380 e. The molecule has 9 heavy (non-hydrogen) atoms. The molecule has 0 aromatic heterocycles. The molecule has 0 saturated carbocycles. The van der Waals surface area contributed by atoms with Crippen LogP contribution in [0.1, 0.15) is 13.8 Å². The largest absolute Gasteiger partial charge is 0.380 e. The van der Waals surface area contributed by atoms with Gasteiger partial charge in [-0.15, -0.1) is 4.89 Å². The third kappa shape index (κ3) is 6.15. The van der Waals surface area contributed by atoms with Crippen LogP contribution in [0.25, 0.3) is 0 Å². The van der Waals surface area contributed by atoms with Gasteiger partial charge < -0.3 is 4.52 Å². The average Bonchev–Trinajstić information content (AvgIpc) is 1.83. The van der Waals surface area contributed by atoms with Gasteiger partial charge in [-0.05, 0) is 5.92 Å². The second-order valence-corrected chi connectivity index (χ2v) is 2.93. The fourth-order valence-electron chi connectivity index (χ4n) is 0.240. The van der Waals surface area contributed by atoms with Crippen LogP contribution in [0.3, 0.4) is 0 Å². The molecule has 0 saturated heterocycles. The quantitative estimate of drug-likeness (QED) is 0.486. The molecule has 55 valence electrons. The van der Waals surface area contributed by atoms with Crippen LogP contribution in [0.5, 0.6) is 0 Å². The Balaban J connectivity index is 3.06. The lowest BCUT2D eigenvalue weighted by atomic mass is 10.2. The molecule has 0 aliphatic rings. The standard InChI is InChI=1S/C4H11NO3P/c1-4(2)3-7-9(6)8-5/h4H,3,5H2,1-2H3. The molecule has 0 aliphatic carbocycles. The molecule has 2 N–H and O–H groups in total. The molecule has 0 rings (SSSR count). The fraction of sp³-hybridized carbons (Fsp3) is 1.00. The predicted octanol–water partition coefficient (Wildman–Crippen LogP) is 1.21. The van der Waals surface area contributed by atoms with Gasteiger partial charge in [0.2, 0.25) is 0 Å². The van der Waals surface area contributed by atoms with E-state index in [0.717, 1.165) is 0 Å². The van der Waals surface area contributed by atoms with Crippen molar-refractivity contribution in [3.05, 3.63) is 0 Å². The zero-order valence-corrected chi connectivity index (χ0v) is 6.43. The summed E-state index contributed by atoms with van der Waals surface area (Å²) >= 11 is 0. The van der Waals surface area contributed by atoms with Crippen molar-refractivity contribution in [3.63, 3.8) is 0 Å². The maximum absolute atomic E-state index is 10.3. The summed E-state index contributed by atoms with van der Waals surface area (Å²) in [6, 6.07) is 0. The van der Waals surface area contributed by atoms with Crippen molar-refractivity contribution < 1.29 is 14.0 Å². The molecule has 1 unspecified atom stereocenters. The Labute approximate surface area is 55.9 Å². The van der Waals surface area contributed by atoms with Gasteiger partial charge in [0.25, 0.3) is 0 Å². The minimum absolute atomic E-state index is 0.346. The van der Waals surface area contributed by atoms with E-state index in [9.17, 15) is 4.89 Å². The fourth-order valence-corrected chi connectivity index (χ4v) is 0.721. The van der Waals surface area contributed by atoms with Gasteiger partial charge in [0.15, 0.2) is 0 Å². The number of nitrogens with two attached hydrogens (primary N) is 1. The monoisotopic (exact) mass is 152 g/mol. The molecule has 0 spiro atoms. The lowest BCUT2D eigenvalue weighted by molar-refractivity contribution is 0.166. The van der Waals surface area contributed by atoms with Crippen molar-refractivity contribution in [3.8, 4) is 0 Å². The third-order valence-corrected chi connectivity index (χ3v) is 1.13. The predicted molar refractivity (Wildman–Crippen MR) is 33.7 cm³/mol. The van der Waals surface area contributed by atoms with E-state index in [-0.39, 0.29) is 0 Å².